The molecule has 3 heterocycles. The summed E-state index contributed by atoms with van der Waals surface area (Å²) in [6, 6.07) is 4.50. The molecule has 2 aromatic rings. The number of aryl methyl sites for hydroxylation is 1. The Morgan fingerprint density at radius 1 is 1.33 bits per heavy atom. The number of aliphatic imine (C=N–C) groups is 1. The van der Waals surface area contributed by atoms with E-state index in [1.54, 1.807) is 7.05 Å². The number of nitrogens with one attached hydrogen (secondary N) is 3. The average Bonchev–Trinajstić information content (AvgIpc) is 3.14. The van der Waals surface area contributed by atoms with Crippen LogP contribution < -0.4 is 16.0 Å². The van der Waals surface area contributed by atoms with E-state index in [0.717, 1.165) is 56.2 Å². The molecule has 0 radical (unpaired) electrons. The van der Waals surface area contributed by atoms with Crippen LogP contribution >= 0.6 is 24.0 Å². The molecule has 0 unspecified atom stereocenters. The van der Waals surface area contributed by atoms with Crippen LogP contribution in [0.3, 0.4) is 0 Å². The summed E-state index contributed by atoms with van der Waals surface area (Å²) >= 11 is 0. The number of carbonyl (C=O) groups is 1. The Hall–Kier alpha value is -1.88. The summed E-state index contributed by atoms with van der Waals surface area (Å²) in [6.07, 6.45) is 6.94. The summed E-state index contributed by atoms with van der Waals surface area (Å²) in [5.41, 5.74) is 3.25. The highest BCUT2D eigenvalue weighted by Gasteiger charge is 2.21. The van der Waals surface area contributed by atoms with Crippen molar-refractivity contribution in [2.75, 3.05) is 39.8 Å². The number of amides is 1. The van der Waals surface area contributed by atoms with Crippen LogP contribution in [0.2, 0.25) is 0 Å². The zero-order valence-electron chi connectivity index (χ0n) is 18.1. The highest BCUT2D eigenvalue weighted by molar-refractivity contribution is 14.0. The zero-order valence-corrected chi connectivity index (χ0v) is 20.5. The second-order valence-corrected chi connectivity index (χ2v) is 7.53. The van der Waals surface area contributed by atoms with Crippen LogP contribution in [0, 0.1) is 6.92 Å². The largest absolute Gasteiger partial charge is 0.358 e. The predicted octanol–water partition coefficient (Wildman–Crippen LogP) is 1.57. The number of hydrogen-bond donors (Lipinski definition) is 3. The zero-order chi connectivity index (χ0) is 20.6. The number of halogens is 1. The number of carbonyl (C=O) groups excluding carboxylic acids is 1. The van der Waals surface area contributed by atoms with Crippen LogP contribution in [-0.2, 0) is 11.2 Å². The number of fused-ring (bicyclic) bond motifs is 1. The molecule has 166 valence electrons. The summed E-state index contributed by atoms with van der Waals surface area (Å²) in [5, 5.41) is 9.58. The van der Waals surface area contributed by atoms with Gasteiger partial charge in [-0.05, 0) is 38.3 Å². The first-order valence-electron chi connectivity index (χ1n) is 10.5. The molecule has 1 saturated heterocycles. The van der Waals surface area contributed by atoms with Crippen molar-refractivity contribution < 1.29 is 4.79 Å². The van der Waals surface area contributed by atoms with Crippen molar-refractivity contribution in [3.63, 3.8) is 0 Å². The van der Waals surface area contributed by atoms with Gasteiger partial charge >= 0.3 is 0 Å². The van der Waals surface area contributed by atoms with Gasteiger partial charge in [0.15, 0.2) is 5.96 Å². The summed E-state index contributed by atoms with van der Waals surface area (Å²) in [4.78, 5) is 23.2. The van der Waals surface area contributed by atoms with E-state index in [1.165, 1.54) is 5.56 Å². The molecule has 0 bridgehead atoms. The minimum absolute atomic E-state index is 0. The van der Waals surface area contributed by atoms with Crippen molar-refractivity contribution in [1.29, 1.82) is 0 Å². The van der Waals surface area contributed by atoms with Crippen molar-refractivity contribution >= 4 is 41.5 Å². The molecule has 1 fully saturated rings. The molecule has 1 amide bonds. The topological polar surface area (TPSA) is 86.1 Å². The van der Waals surface area contributed by atoms with Crippen LogP contribution in [0.4, 0.5) is 0 Å². The van der Waals surface area contributed by atoms with Crippen molar-refractivity contribution in [2.45, 2.75) is 39.2 Å². The lowest BCUT2D eigenvalue weighted by Gasteiger charge is -2.32. The van der Waals surface area contributed by atoms with Gasteiger partial charge in [0, 0.05) is 58.1 Å². The fraction of sp³-hybridized carbons (Fsp3) is 0.571. The minimum atomic E-state index is 0. The molecule has 3 rings (SSSR count). The minimum Gasteiger partial charge on any atom is -0.358 e. The third kappa shape index (κ3) is 6.83. The lowest BCUT2D eigenvalue weighted by Crippen LogP contribution is -2.50. The Morgan fingerprint density at radius 3 is 2.77 bits per heavy atom. The number of aromatic nitrogens is 2. The molecule has 9 heteroatoms. The molecular formula is C21H34IN7O. The first-order valence-corrected chi connectivity index (χ1v) is 10.5. The van der Waals surface area contributed by atoms with E-state index in [2.05, 4.69) is 51.4 Å². The van der Waals surface area contributed by atoms with Crippen LogP contribution in [0.25, 0.3) is 5.65 Å². The average molecular weight is 527 g/mol. The molecular weight excluding hydrogens is 493 g/mol. The van der Waals surface area contributed by atoms with Crippen molar-refractivity contribution in [2.24, 2.45) is 4.99 Å². The van der Waals surface area contributed by atoms with E-state index >= 15 is 0 Å². The molecule has 0 aliphatic carbocycles. The number of guanidine groups is 1. The summed E-state index contributed by atoms with van der Waals surface area (Å²) in [7, 11) is 1.68. The lowest BCUT2D eigenvalue weighted by atomic mass is 10.1. The van der Waals surface area contributed by atoms with Crippen molar-refractivity contribution in [3.8, 4) is 0 Å². The maximum absolute atomic E-state index is 11.5. The van der Waals surface area contributed by atoms with Crippen LogP contribution in [0.5, 0.6) is 0 Å². The van der Waals surface area contributed by atoms with E-state index < -0.39 is 0 Å². The molecule has 0 atom stereocenters. The fourth-order valence-corrected chi connectivity index (χ4v) is 3.64. The van der Waals surface area contributed by atoms with E-state index in [9.17, 15) is 4.79 Å². The van der Waals surface area contributed by atoms with Gasteiger partial charge in [0.2, 0.25) is 5.91 Å². The summed E-state index contributed by atoms with van der Waals surface area (Å²) in [6.45, 7) is 8.00. The second kappa shape index (κ2) is 12.1. The molecule has 30 heavy (non-hydrogen) atoms. The van der Waals surface area contributed by atoms with Crippen LogP contribution in [-0.4, -0.2) is 72.0 Å². The number of rotatable bonds is 7. The van der Waals surface area contributed by atoms with Gasteiger partial charge in [-0.3, -0.25) is 14.7 Å². The normalized spacial score (nSPS) is 15.6. The third-order valence-corrected chi connectivity index (χ3v) is 5.28. The fourth-order valence-electron chi connectivity index (χ4n) is 3.64. The van der Waals surface area contributed by atoms with Gasteiger partial charge in [-0.25, -0.2) is 4.98 Å². The molecule has 1 aliphatic rings. The predicted molar refractivity (Wildman–Crippen MR) is 132 cm³/mol. The lowest BCUT2D eigenvalue weighted by molar-refractivity contribution is -0.122. The van der Waals surface area contributed by atoms with E-state index in [1.807, 2.05) is 12.3 Å². The number of likely N-dealkylation sites (tertiary alicyclic amines) is 1. The number of hydrogen-bond acceptors (Lipinski definition) is 4. The maximum atomic E-state index is 11.5. The van der Waals surface area contributed by atoms with Crippen molar-refractivity contribution in [1.82, 2.24) is 30.2 Å². The quantitative estimate of drug-likeness (QED) is 0.289. The van der Waals surface area contributed by atoms with Gasteiger partial charge in [0.05, 0.1) is 12.2 Å². The van der Waals surface area contributed by atoms with Gasteiger partial charge < -0.3 is 20.4 Å². The molecule has 1 aliphatic heterocycles. The third-order valence-electron chi connectivity index (χ3n) is 5.28. The molecule has 0 spiro atoms. The van der Waals surface area contributed by atoms with Gasteiger partial charge in [-0.1, -0.05) is 6.07 Å². The number of pyridine rings is 1. The standard InChI is InChI=1S/C21H33N7O.HI/c1-4-23-21(26-17-8-12-27(13-9-17)15-19(29)22-3)24-10-7-18-14-28-11-5-6-16(2)20(28)25-18;/h5-6,11,14,17H,4,7-10,12-13,15H2,1-3H3,(H,22,29)(H2,23,24,26);1H. The highest BCUT2D eigenvalue weighted by Crippen LogP contribution is 2.11. The monoisotopic (exact) mass is 527 g/mol. The first-order chi connectivity index (χ1) is 14.1. The molecule has 2 aromatic heterocycles. The molecule has 8 nitrogen and oxygen atoms in total. The van der Waals surface area contributed by atoms with Crippen molar-refractivity contribution in [3.05, 3.63) is 35.8 Å². The number of piperidine rings is 1. The number of likely N-dealkylation sites (N-methyl/N-ethyl adjacent to an activating group) is 1. The van der Waals surface area contributed by atoms with Crippen LogP contribution in [0.15, 0.2) is 29.5 Å². The van der Waals surface area contributed by atoms with Gasteiger partial charge in [-0.15, -0.1) is 24.0 Å². The Morgan fingerprint density at radius 2 is 2.10 bits per heavy atom. The van der Waals surface area contributed by atoms with Gasteiger partial charge in [0.1, 0.15) is 5.65 Å². The second-order valence-electron chi connectivity index (χ2n) is 7.53. The Balaban J connectivity index is 0.00000320. The van der Waals surface area contributed by atoms with E-state index in [-0.39, 0.29) is 29.9 Å². The Labute approximate surface area is 195 Å². The first kappa shape index (κ1) is 24.4. The Bertz CT molecular complexity index is 843. The summed E-state index contributed by atoms with van der Waals surface area (Å²) in [5.74, 6) is 0.936. The molecule has 3 N–H and O–H groups in total. The number of imidazole rings is 1. The maximum Gasteiger partial charge on any atom is 0.233 e. The van der Waals surface area contributed by atoms with Gasteiger partial charge in [-0.2, -0.15) is 0 Å². The van der Waals surface area contributed by atoms with E-state index in [0.29, 0.717) is 19.1 Å². The highest BCUT2D eigenvalue weighted by atomic mass is 127. The summed E-state index contributed by atoms with van der Waals surface area (Å²) < 4.78 is 2.07. The van der Waals surface area contributed by atoms with E-state index in [4.69, 9.17) is 9.98 Å². The Kier molecular flexibility index (Phi) is 9.83. The molecule has 0 saturated carbocycles. The SMILES string of the molecule is CCNC(=NCCc1cn2cccc(C)c2n1)NC1CCN(CC(=O)NC)CC1.I. The number of nitrogens with zero attached hydrogens (tertiary/aromatic N) is 4. The smallest absolute Gasteiger partial charge is 0.233 e. The van der Waals surface area contributed by atoms with Gasteiger partial charge in [0.25, 0.3) is 0 Å². The van der Waals surface area contributed by atoms with Crippen LogP contribution in [0.1, 0.15) is 31.0 Å². The molecule has 0 aromatic carbocycles.